The van der Waals surface area contributed by atoms with Crippen LogP contribution >= 0.6 is 27.5 Å². The van der Waals surface area contributed by atoms with Gasteiger partial charge in [-0.15, -0.1) is 0 Å². The van der Waals surface area contributed by atoms with E-state index in [1.165, 1.54) is 0 Å². The fraction of sp³-hybridized carbons (Fsp3) is 0.324. The second kappa shape index (κ2) is 17.1. The van der Waals surface area contributed by atoms with Gasteiger partial charge in [0.05, 0.1) is 29.5 Å². The number of aryl methyl sites for hydroxylation is 1. The molecule has 1 fully saturated rings. The zero-order valence-corrected chi connectivity index (χ0v) is 28.1. The Morgan fingerprint density at radius 2 is 1.80 bits per heavy atom. The molecule has 1 aliphatic rings. The van der Waals surface area contributed by atoms with E-state index in [2.05, 4.69) is 38.5 Å². The number of amides is 2. The van der Waals surface area contributed by atoms with Crippen molar-refractivity contribution in [1.29, 1.82) is 0 Å². The van der Waals surface area contributed by atoms with Gasteiger partial charge < -0.3 is 34.9 Å². The van der Waals surface area contributed by atoms with E-state index in [-0.39, 0.29) is 35.8 Å². The van der Waals surface area contributed by atoms with E-state index in [9.17, 15) is 14.4 Å². The highest BCUT2D eigenvalue weighted by Gasteiger charge is 2.18. The summed E-state index contributed by atoms with van der Waals surface area (Å²) < 4.78 is 22.8. The summed E-state index contributed by atoms with van der Waals surface area (Å²) in [5.41, 5.74) is 3.59. The number of ketones is 1. The molecule has 0 aliphatic carbocycles. The molecule has 0 aromatic heterocycles. The molecule has 0 bridgehead atoms. The third-order valence-corrected chi connectivity index (χ3v) is 7.73. The van der Waals surface area contributed by atoms with Gasteiger partial charge in [0, 0.05) is 33.5 Å². The summed E-state index contributed by atoms with van der Waals surface area (Å²) in [5.74, 6) is -0.0887. The molecule has 10 nitrogen and oxygen atoms in total. The maximum Gasteiger partial charge on any atom is 0.333 e. The second-order valence-electron chi connectivity index (χ2n) is 10.6. The minimum absolute atomic E-state index is 0.00961. The molecule has 46 heavy (non-hydrogen) atoms. The standard InChI is InChI=1S/C34H37BrClN3O7/c1-21(2)33(41)46-15-13-37-34(42)39-30-19-23(35)7-12-29(30)38-24-8-10-27(28(36)20-24)32(40)26-11-9-25(18-22(26)3)43-16-17-45-31-6-4-5-14-44-31/h7-12,18-20,31,38H,1,4-6,13-17H2,2-3H3,(H2,37,39,42). The van der Waals surface area contributed by atoms with Gasteiger partial charge in [0.1, 0.15) is 19.0 Å². The van der Waals surface area contributed by atoms with Crippen molar-refractivity contribution in [2.45, 2.75) is 39.4 Å². The number of hydrogen-bond acceptors (Lipinski definition) is 8. The second-order valence-corrected chi connectivity index (χ2v) is 12.0. The van der Waals surface area contributed by atoms with Crippen LogP contribution in [-0.4, -0.2) is 57.0 Å². The van der Waals surface area contributed by atoms with Gasteiger partial charge in [0.2, 0.25) is 0 Å². The van der Waals surface area contributed by atoms with Gasteiger partial charge in [0.15, 0.2) is 12.1 Å². The Morgan fingerprint density at radius 3 is 2.52 bits per heavy atom. The smallest absolute Gasteiger partial charge is 0.333 e. The van der Waals surface area contributed by atoms with Crippen molar-refractivity contribution < 1.29 is 33.3 Å². The summed E-state index contributed by atoms with van der Waals surface area (Å²) in [5, 5.41) is 8.92. The summed E-state index contributed by atoms with van der Waals surface area (Å²) in [4.78, 5) is 37.4. The van der Waals surface area contributed by atoms with Crippen molar-refractivity contribution >= 4 is 62.4 Å². The number of esters is 1. The maximum absolute atomic E-state index is 13.4. The number of hydrogen-bond donors (Lipinski definition) is 3. The molecule has 3 aromatic carbocycles. The lowest BCUT2D eigenvalue weighted by Gasteiger charge is -2.22. The number of carbonyl (C=O) groups is 3. The fourth-order valence-electron chi connectivity index (χ4n) is 4.57. The van der Waals surface area contributed by atoms with Gasteiger partial charge in [-0.05, 0) is 93.3 Å². The third-order valence-electron chi connectivity index (χ3n) is 6.93. The minimum atomic E-state index is -0.521. The van der Waals surface area contributed by atoms with Gasteiger partial charge in [-0.2, -0.15) is 0 Å². The highest BCUT2D eigenvalue weighted by atomic mass is 79.9. The Labute approximate surface area is 281 Å². The normalized spacial score (nSPS) is 14.2. The number of urea groups is 1. The predicted molar refractivity (Wildman–Crippen MR) is 181 cm³/mol. The molecular formula is C34H37BrClN3O7. The van der Waals surface area contributed by atoms with Gasteiger partial charge in [-0.25, -0.2) is 9.59 Å². The predicted octanol–water partition coefficient (Wildman–Crippen LogP) is 7.55. The van der Waals surface area contributed by atoms with Gasteiger partial charge in [-0.3, -0.25) is 4.79 Å². The molecule has 4 rings (SSSR count). The van der Waals surface area contributed by atoms with E-state index in [0.717, 1.165) is 35.9 Å². The number of nitrogens with one attached hydrogen (secondary N) is 3. The van der Waals surface area contributed by atoms with Crippen LogP contribution < -0.4 is 20.7 Å². The van der Waals surface area contributed by atoms with E-state index in [1.807, 2.05) is 19.1 Å². The molecule has 12 heteroatoms. The molecule has 0 radical (unpaired) electrons. The summed E-state index contributed by atoms with van der Waals surface area (Å²) in [6.07, 6.45) is 2.91. The first kappa shape index (κ1) is 35.0. The van der Waals surface area contributed by atoms with Crippen LogP contribution in [0.25, 0.3) is 0 Å². The molecule has 1 atom stereocenters. The first-order valence-corrected chi connectivity index (χ1v) is 16.0. The van der Waals surface area contributed by atoms with Crippen LogP contribution in [0.2, 0.25) is 5.02 Å². The van der Waals surface area contributed by atoms with E-state index in [1.54, 1.807) is 49.4 Å². The molecular weight excluding hydrogens is 678 g/mol. The fourth-order valence-corrected chi connectivity index (χ4v) is 5.19. The lowest BCUT2D eigenvalue weighted by atomic mass is 9.98. The van der Waals surface area contributed by atoms with Crippen LogP contribution in [0.1, 0.15) is 47.7 Å². The SMILES string of the molecule is C=C(C)C(=O)OCCNC(=O)Nc1cc(Br)ccc1Nc1ccc(C(=O)c2ccc(OCCOC3CCCCO3)cc2C)c(Cl)c1. The van der Waals surface area contributed by atoms with Crippen molar-refractivity contribution in [3.63, 3.8) is 0 Å². The van der Waals surface area contributed by atoms with E-state index < -0.39 is 12.0 Å². The van der Waals surface area contributed by atoms with Crippen LogP contribution in [-0.2, 0) is 19.0 Å². The van der Waals surface area contributed by atoms with Crippen LogP contribution in [0, 0.1) is 6.92 Å². The summed E-state index contributed by atoms with van der Waals surface area (Å²) in [6, 6.07) is 15.2. The minimum Gasteiger partial charge on any atom is -0.491 e. The van der Waals surface area contributed by atoms with Crippen molar-refractivity contribution in [2.75, 3.05) is 43.6 Å². The Kier molecular flexibility index (Phi) is 13.0. The molecule has 2 amide bonds. The number of rotatable bonds is 14. The lowest BCUT2D eigenvalue weighted by Crippen LogP contribution is -2.32. The average Bonchev–Trinajstić information content (AvgIpc) is 3.03. The van der Waals surface area contributed by atoms with Crippen molar-refractivity contribution in [1.82, 2.24) is 5.32 Å². The summed E-state index contributed by atoms with van der Waals surface area (Å²) >= 11 is 10.0. The number of carbonyl (C=O) groups excluding carboxylic acids is 3. The zero-order chi connectivity index (χ0) is 33.1. The Hall–Kier alpha value is -3.90. The van der Waals surface area contributed by atoms with Crippen LogP contribution in [0.5, 0.6) is 5.75 Å². The lowest BCUT2D eigenvalue weighted by molar-refractivity contribution is -0.165. The molecule has 1 unspecified atom stereocenters. The Morgan fingerprint density at radius 1 is 1.00 bits per heavy atom. The largest absolute Gasteiger partial charge is 0.491 e. The number of halogens is 2. The number of benzene rings is 3. The number of ether oxygens (including phenoxy) is 4. The Bertz CT molecular complexity index is 1580. The first-order valence-electron chi connectivity index (χ1n) is 14.9. The summed E-state index contributed by atoms with van der Waals surface area (Å²) in [7, 11) is 0. The highest BCUT2D eigenvalue weighted by Crippen LogP contribution is 2.32. The molecule has 244 valence electrons. The van der Waals surface area contributed by atoms with Crippen LogP contribution in [0.15, 0.2) is 71.2 Å². The topological polar surface area (TPSA) is 124 Å². The molecule has 0 spiro atoms. The van der Waals surface area contributed by atoms with Crippen molar-refractivity contribution in [3.8, 4) is 5.75 Å². The summed E-state index contributed by atoms with van der Waals surface area (Å²) in [6.45, 7) is 8.56. The highest BCUT2D eigenvalue weighted by molar-refractivity contribution is 9.10. The molecule has 3 aromatic rings. The van der Waals surface area contributed by atoms with Gasteiger partial charge in [-0.1, -0.05) is 34.1 Å². The van der Waals surface area contributed by atoms with Crippen LogP contribution in [0.3, 0.4) is 0 Å². The molecule has 1 saturated heterocycles. The first-order chi connectivity index (χ1) is 22.1. The third kappa shape index (κ3) is 10.3. The van der Waals surface area contributed by atoms with Crippen molar-refractivity contribution in [2.24, 2.45) is 0 Å². The average molecular weight is 715 g/mol. The maximum atomic E-state index is 13.4. The number of anilines is 3. The zero-order valence-electron chi connectivity index (χ0n) is 25.8. The van der Waals surface area contributed by atoms with Crippen molar-refractivity contribution in [3.05, 3.63) is 92.9 Å². The molecule has 1 heterocycles. The van der Waals surface area contributed by atoms with Gasteiger partial charge in [0.25, 0.3) is 0 Å². The van der Waals surface area contributed by atoms with Crippen LogP contribution in [0.4, 0.5) is 21.9 Å². The quantitative estimate of drug-likeness (QED) is 0.0677. The van der Waals surface area contributed by atoms with E-state index in [4.69, 9.17) is 30.5 Å². The monoisotopic (exact) mass is 713 g/mol. The molecule has 3 N–H and O–H groups in total. The van der Waals surface area contributed by atoms with Gasteiger partial charge >= 0.3 is 12.0 Å². The van der Waals surface area contributed by atoms with E-state index in [0.29, 0.717) is 47.2 Å². The Balaban J connectivity index is 1.34. The van der Waals surface area contributed by atoms with E-state index >= 15 is 0 Å². The molecule has 0 saturated carbocycles. The molecule has 1 aliphatic heterocycles.